The van der Waals surface area contributed by atoms with Crippen LogP contribution in [0.15, 0.2) is 18.5 Å². The van der Waals surface area contributed by atoms with Gasteiger partial charge in [0.15, 0.2) is 0 Å². The summed E-state index contributed by atoms with van der Waals surface area (Å²) in [7, 11) is 1.91. The van der Waals surface area contributed by atoms with E-state index in [9.17, 15) is 5.26 Å². The number of nitriles is 1. The Kier molecular flexibility index (Phi) is 4.30. The van der Waals surface area contributed by atoms with Gasteiger partial charge in [-0.3, -0.25) is 4.68 Å². The lowest BCUT2D eigenvalue weighted by atomic mass is 9.97. The van der Waals surface area contributed by atoms with Crippen LogP contribution in [-0.4, -0.2) is 27.9 Å². The van der Waals surface area contributed by atoms with E-state index in [1.165, 1.54) is 0 Å². The third-order valence-electron chi connectivity index (χ3n) is 4.26. The van der Waals surface area contributed by atoms with E-state index in [-0.39, 0.29) is 6.10 Å². The van der Waals surface area contributed by atoms with Gasteiger partial charge in [-0.2, -0.15) is 10.4 Å². The lowest BCUT2D eigenvalue weighted by Crippen LogP contribution is -2.19. The molecule has 1 saturated heterocycles. The average molecular weight is 311 g/mol. The molecule has 0 aromatic carbocycles. The van der Waals surface area contributed by atoms with E-state index >= 15 is 0 Å². The molecule has 1 N–H and O–H groups in total. The lowest BCUT2D eigenvalue weighted by molar-refractivity contribution is 0.0932. The van der Waals surface area contributed by atoms with Crippen molar-refractivity contribution in [1.29, 1.82) is 5.26 Å². The highest BCUT2D eigenvalue weighted by molar-refractivity contribution is 5.56. The molecule has 3 heterocycles. The maximum absolute atomic E-state index is 9.35. The van der Waals surface area contributed by atoms with Gasteiger partial charge in [0.25, 0.3) is 0 Å². The third kappa shape index (κ3) is 3.20. The summed E-state index contributed by atoms with van der Waals surface area (Å²) >= 11 is 0. The summed E-state index contributed by atoms with van der Waals surface area (Å²) in [6.07, 6.45) is 4.89. The Labute approximate surface area is 136 Å². The molecule has 1 aliphatic rings. The zero-order valence-corrected chi connectivity index (χ0v) is 13.7. The molecule has 3 rings (SSSR count). The fourth-order valence-electron chi connectivity index (χ4n) is 3.13. The molecule has 2 atom stereocenters. The molecule has 0 spiro atoms. The molecule has 6 heteroatoms. The summed E-state index contributed by atoms with van der Waals surface area (Å²) in [5, 5.41) is 16.9. The molecule has 1 aliphatic heterocycles. The van der Waals surface area contributed by atoms with Crippen molar-refractivity contribution >= 4 is 5.82 Å². The van der Waals surface area contributed by atoms with Gasteiger partial charge in [-0.15, -0.1) is 0 Å². The molecule has 23 heavy (non-hydrogen) atoms. The number of rotatable bonds is 4. The van der Waals surface area contributed by atoms with E-state index in [0.717, 1.165) is 36.4 Å². The van der Waals surface area contributed by atoms with Crippen molar-refractivity contribution in [3.05, 3.63) is 40.8 Å². The normalized spacial score (nSPS) is 20.4. The van der Waals surface area contributed by atoms with Gasteiger partial charge in [-0.05, 0) is 31.9 Å². The molecule has 0 aliphatic carbocycles. The summed E-state index contributed by atoms with van der Waals surface area (Å²) in [5.41, 5.74) is 3.59. The maximum Gasteiger partial charge on any atom is 0.144 e. The molecule has 1 fully saturated rings. The van der Waals surface area contributed by atoms with Crippen molar-refractivity contribution in [3.63, 3.8) is 0 Å². The van der Waals surface area contributed by atoms with Crippen LogP contribution in [0.3, 0.4) is 0 Å². The van der Waals surface area contributed by atoms with Crippen LogP contribution >= 0.6 is 0 Å². The monoisotopic (exact) mass is 311 g/mol. The van der Waals surface area contributed by atoms with Crippen molar-refractivity contribution in [2.24, 2.45) is 13.0 Å². The zero-order valence-electron chi connectivity index (χ0n) is 13.7. The molecule has 0 bridgehead atoms. The number of aromatic nitrogens is 3. The summed E-state index contributed by atoms with van der Waals surface area (Å²) in [6, 6.07) is 4.17. The van der Waals surface area contributed by atoms with Gasteiger partial charge in [-0.25, -0.2) is 4.98 Å². The minimum Gasteiger partial charge on any atom is -0.373 e. The minimum absolute atomic E-state index is 0.0487. The van der Waals surface area contributed by atoms with Crippen molar-refractivity contribution in [1.82, 2.24) is 14.8 Å². The lowest BCUT2D eigenvalue weighted by Gasteiger charge is -2.19. The van der Waals surface area contributed by atoms with Crippen LogP contribution in [-0.2, 0) is 11.8 Å². The van der Waals surface area contributed by atoms with E-state index in [2.05, 4.69) is 21.5 Å². The highest BCUT2D eigenvalue weighted by Gasteiger charge is 2.30. The summed E-state index contributed by atoms with van der Waals surface area (Å²) < 4.78 is 7.67. The van der Waals surface area contributed by atoms with Crippen LogP contribution in [0.2, 0.25) is 0 Å². The average Bonchev–Trinajstić information content (AvgIpc) is 3.13. The smallest absolute Gasteiger partial charge is 0.144 e. The summed E-state index contributed by atoms with van der Waals surface area (Å²) in [4.78, 5) is 4.48. The molecule has 120 valence electrons. The number of nitrogens with one attached hydrogen (secondary N) is 1. The molecule has 2 aromatic rings. The van der Waals surface area contributed by atoms with Gasteiger partial charge < -0.3 is 10.1 Å². The number of nitrogens with zero attached hydrogens (tertiary/aromatic N) is 4. The highest BCUT2D eigenvalue weighted by atomic mass is 16.5. The van der Waals surface area contributed by atoms with Crippen LogP contribution in [0.5, 0.6) is 0 Å². The van der Waals surface area contributed by atoms with Crippen LogP contribution < -0.4 is 5.32 Å². The number of anilines is 1. The minimum atomic E-state index is 0.0487. The molecule has 2 aromatic heterocycles. The molecule has 0 saturated carbocycles. The van der Waals surface area contributed by atoms with Gasteiger partial charge in [0, 0.05) is 43.6 Å². The van der Waals surface area contributed by atoms with E-state index in [1.54, 1.807) is 4.68 Å². The quantitative estimate of drug-likeness (QED) is 0.939. The van der Waals surface area contributed by atoms with Crippen LogP contribution in [0.4, 0.5) is 5.82 Å². The van der Waals surface area contributed by atoms with Crippen molar-refractivity contribution in [3.8, 4) is 6.07 Å². The Bertz CT molecular complexity index is 746. The maximum atomic E-state index is 9.35. The van der Waals surface area contributed by atoms with Crippen molar-refractivity contribution in [2.45, 2.75) is 26.4 Å². The van der Waals surface area contributed by atoms with Gasteiger partial charge in [0.2, 0.25) is 0 Å². The number of ether oxygens (including phenoxy) is 1. The zero-order chi connectivity index (χ0) is 16.4. The first-order valence-corrected chi connectivity index (χ1v) is 7.81. The Morgan fingerprint density at radius 3 is 3.00 bits per heavy atom. The molecule has 0 radical (unpaired) electrons. The first kappa shape index (κ1) is 15.5. The second-order valence-electron chi connectivity index (χ2n) is 6.08. The van der Waals surface area contributed by atoms with E-state index in [4.69, 9.17) is 4.74 Å². The summed E-state index contributed by atoms with van der Waals surface area (Å²) in [5.74, 6) is 1.01. The van der Waals surface area contributed by atoms with E-state index in [0.29, 0.717) is 17.3 Å². The fourth-order valence-corrected chi connectivity index (χ4v) is 3.13. The first-order valence-electron chi connectivity index (χ1n) is 7.81. The predicted molar refractivity (Wildman–Crippen MR) is 86.9 cm³/mol. The molecular formula is C17H21N5O. The van der Waals surface area contributed by atoms with Crippen molar-refractivity contribution in [2.75, 3.05) is 18.5 Å². The Morgan fingerprint density at radius 1 is 1.48 bits per heavy atom. The number of pyridine rings is 1. The largest absolute Gasteiger partial charge is 0.373 e. The van der Waals surface area contributed by atoms with Crippen LogP contribution in [0.25, 0.3) is 0 Å². The second-order valence-corrected chi connectivity index (χ2v) is 6.08. The van der Waals surface area contributed by atoms with Gasteiger partial charge in [0.1, 0.15) is 11.9 Å². The SMILES string of the molecule is Cc1cc(C)c(C#N)c(NC[C@@H]2CCO[C@H]2c2cnn(C)c2)n1. The van der Waals surface area contributed by atoms with Gasteiger partial charge >= 0.3 is 0 Å². The van der Waals surface area contributed by atoms with E-state index in [1.807, 2.05) is 39.4 Å². The Hall–Kier alpha value is -2.39. The first-order chi connectivity index (χ1) is 11.1. The summed E-state index contributed by atoms with van der Waals surface area (Å²) in [6.45, 7) is 5.35. The van der Waals surface area contributed by atoms with Crippen LogP contribution in [0.1, 0.15) is 34.9 Å². The molecular weight excluding hydrogens is 290 g/mol. The van der Waals surface area contributed by atoms with Crippen LogP contribution in [0, 0.1) is 31.1 Å². The number of hydrogen-bond acceptors (Lipinski definition) is 5. The fraction of sp³-hybridized carbons (Fsp3) is 0.471. The molecule has 6 nitrogen and oxygen atoms in total. The molecule has 0 unspecified atom stereocenters. The topological polar surface area (TPSA) is 75.8 Å². The Balaban J connectivity index is 1.74. The number of hydrogen-bond donors (Lipinski definition) is 1. The third-order valence-corrected chi connectivity index (χ3v) is 4.26. The van der Waals surface area contributed by atoms with Gasteiger partial charge in [-0.1, -0.05) is 0 Å². The van der Waals surface area contributed by atoms with Gasteiger partial charge in [0.05, 0.1) is 17.9 Å². The molecule has 0 amide bonds. The van der Waals surface area contributed by atoms with Crippen molar-refractivity contribution < 1.29 is 4.74 Å². The number of aryl methyl sites for hydroxylation is 3. The van der Waals surface area contributed by atoms with E-state index < -0.39 is 0 Å². The predicted octanol–water partition coefficient (Wildman–Crippen LogP) is 2.49. The standard InChI is InChI=1S/C17H21N5O/c1-11-6-12(2)21-17(15(11)7-18)19-8-13-4-5-23-16(13)14-9-20-22(3)10-14/h6,9-10,13,16H,4-5,8H2,1-3H3,(H,19,21)/t13-,16+/m0/s1. The highest BCUT2D eigenvalue weighted by Crippen LogP contribution is 2.34. The second kappa shape index (κ2) is 6.39. The Morgan fingerprint density at radius 2 is 2.30 bits per heavy atom.